The molecule has 0 aliphatic rings. The first-order valence-corrected chi connectivity index (χ1v) is 7.11. The van der Waals surface area contributed by atoms with E-state index in [0.717, 1.165) is 0 Å². The number of hydrogen-bond donors (Lipinski definition) is 1. The molecule has 2 aromatic heterocycles. The van der Waals surface area contributed by atoms with Gasteiger partial charge in [-0.3, -0.25) is 24.3 Å². The maximum absolute atomic E-state index is 12.1. The Labute approximate surface area is 135 Å². The normalized spacial score (nSPS) is 10.7. The highest BCUT2D eigenvalue weighted by Crippen LogP contribution is 2.19. The van der Waals surface area contributed by atoms with Crippen molar-refractivity contribution in [3.8, 4) is 0 Å². The molecule has 0 unspecified atom stereocenters. The number of carbonyl (C=O) groups excluding carboxylic acids is 1. The smallest absolute Gasteiger partial charge is 0.270 e. The molecular weight excluding hydrogens is 314 g/mol. The van der Waals surface area contributed by atoms with Crippen molar-refractivity contribution in [3.05, 3.63) is 75.0 Å². The van der Waals surface area contributed by atoms with Crippen LogP contribution < -0.4 is 10.9 Å². The lowest BCUT2D eigenvalue weighted by molar-refractivity contribution is -0.384. The zero-order valence-electron chi connectivity index (χ0n) is 12.5. The molecule has 0 atom stereocenters. The molecule has 3 aromatic rings. The second-order valence-corrected chi connectivity index (χ2v) is 5.11. The lowest BCUT2D eigenvalue weighted by atomic mass is 10.2. The van der Waals surface area contributed by atoms with Gasteiger partial charge in [-0.15, -0.1) is 0 Å². The van der Waals surface area contributed by atoms with Gasteiger partial charge in [0, 0.05) is 23.6 Å². The molecule has 1 N–H and O–H groups in total. The summed E-state index contributed by atoms with van der Waals surface area (Å²) < 4.78 is 6.39. The van der Waals surface area contributed by atoms with E-state index in [1.807, 2.05) is 0 Å². The van der Waals surface area contributed by atoms with Crippen LogP contribution in [0.15, 0.2) is 57.9 Å². The zero-order chi connectivity index (χ0) is 17.1. The minimum atomic E-state index is -0.509. The Kier molecular flexibility index (Phi) is 4.11. The largest absolute Gasteiger partial charge is 0.467 e. The van der Waals surface area contributed by atoms with Gasteiger partial charge in [-0.1, -0.05) is 0 Å². The number of amides is 1. The van der Waals surface area contributed by atoms with Crippen LogP contribution in [0.2, 0.25) is 0 Å². The molecule has 0 radical (unpaired) electrons. The minimum absolute atomic E-state index is 0.0741. The van der Waals surface area contributed by atoms with Crippen LogP contribution in [0.3, 0.4) is 0 Å². The Morgan fingerprint density at radius 1 is 1.25 bits per heavy atom. The molecule has 122 valence electrons. The van der Waals surface area contributed by atoms with Crippen molar-refractivity contribution in [1.82, 2.24) is 9.88 Å². The van der Waals surface area contributed by atoms with E-state index in [1.54, 1.807) is 12.1 Å². The van der Waals surface area contributed by atoms with E-state index >= 15 is 0 Å². The van der Waals surface area contributed by atoms with Gasteiger partial charge in [-0.2, -0.15) is 0 Å². The number of carbonyl (C=O) groups is 1. The third-order valence-corrected chi connectivity index (χ3v) is 3.53. The highest BCUT2D eigenvalue weighted by atomic mass is 16.6. The third-order valence-electron chi connectivity index (χ3n) is 3.53. The van der Waals surface area contributed by atoms with Gasteiger partial charge in [0.05, 0.1) is 23.2 Å². The summed E-state index contributed by atoms with van der Waals surface area (Å²) in [6.45, 7) is 0.0332. The summed E-state index contributed by atoms with van der Waals surface area (Å²) in [4.78, 5) is 34.4. The Hall–Kier alpha value is -3.42. The molecule has 0 fully saturated rings. The van der Waals surface area contributed by atoms with Gasteiger partial charge < -0.3 is 9.73 Å². The standard InChI is InChI=1S/C16H13N3O5/c20-15(17-9-13-2-1-7-24-13)10-18-14-5-4-12(19(22)23)8-11(14)3-6-16(18)21/h1-8H,9-10H2,(H,17,20). The molecule has 0 saturated heterocycles. The van der Waals surface area contributed by atoms with E-state index in [9.17, 15) is 19.7 Å². The Morgan fingerprint density at radius 2 is 2.08 bits per heavy atom. The van der Waals surface area contributed by atoms with E-state index in [2.05, 4.69) is 5.32 Å². The van der Waals surface area contributed by atoms with Gasteiger partial charge in [-0.25, -0.2) is 0 Å². The third kappa shape index (κ3) is 3.17. The number of fused-ring (bicyclic) bond motifs is 1. The second kappa shape index (κ2) is 6.37. The molecule has 0 bridgehead atoms. The van der Waals surface area contributed by atoms with Gasteiger partial charge in [0.25, 0.3) is 11.2 Å². The molecule has 8 heteroatoms. The molecule has 8 nitrogen and oxygen atoms in total. The van der Waals surface area contributed by atoms with Gasteiger partial charge in [0.1, 0.15) is 12.3 Å². The number of benzene rings is 1. The number of pyridine rings is 1. The monoisotopic (exact) mass is 327 g/mol. The van der Waals surface area contributed by atoms with Crippen LogP contribution in [0.5, 0.6) is 0 Å². The Bertz CT molecular complexity index is 960. The number of nitro groups is 1. The number of furan rings is 1. The number of nitro benzene ring substituents is 1. The fraction of sp³-hybridized carbons (Fsp3) is 0.125. The van der Waals surface area contributed by atoms with Crippen LogP contribution >= 0.6 is 0 Å². The van der Waals surface area contributed by atoms with E-state index in [-0.39, 0.29) is 30.2 Å². The number of rotatable bonds is 5. The van der Waals surface area contributed by atoms with Crippen LogP contribution in [-0.2, 0) is 17.9 Å². The summed E-state index contributed by atoms with van der Waals surface area (Å²) >= 11 is 0. The summed E-state index contributed by atoms with van der Waals surface area (Å²) in [5, 5.41) is 14.0. The molecule has 0 spiro atoms. The predicted octanol–water partition coefficient (Wildman–Crippen LogP) is 1.82. The van der Waals surface area contributed by atoms with Crippen LogP contribution in [0.1, 0.15) is 5.76 Å². The summed E-state index contributed by atoms with van der Waals surface area (Å²) in [6, 6.07) is 10.4. The van der Waals surface area contributed by atoms with Crippen LogP contribution in [-0.4, -0.2) is 15.4 Å². The quantitative estimate of drug-likeness (QED) is 0.568. The van der Waals surface area contributed by atoms with Crippen molar-refractivity contribution < 1.29 is 14.1 Å². The number of aromatic nitrogens is 1. The van der Waals surface area contributed by atoms with Crippen molar-refractivity contribution in [3.63, 3.8) is 0 Å². The Morgan fingerprint density at radius 3 is 2.79 bits per heavy atom. The summed E-state index contributed by atoms with van der Waals surface area (Å²) in [6.07, 6.45) is 1.50. The van der Waals surface area contributed by atoms with Gasteiger partial charge in [0.15, 0.2) is 0 Å². The van der Waals surface area contributed by atoms with Gasteiger partial charge in [0.2, 0.25) is 5.91 Å². The van der Waals surface area contributed by atoms with Gasteiger partial charge >= 0.3 is 0 Å². The van der Waals surface area contributed by atoms with Crippen LogP contribution in [0.25, 0.3) is 10.9 Å². The fourth-order valence-electron chi connectivity index (χ4n) is 2.37. The molecule has 1 aromatic carbocycles. The summed E-state index contributed by atoms with van der Waals surface area (Å²) in [5.74, 6) is 0.239. The number of hydrogen-bond acceptors (Lipinski definition) is 5. The molecule has 2 heterocycles. The second-order valence-electron chi connectivity index (χ2n) is 5.11. The van der Waals surface area contributed by atoms with Crippen molar-refractivity contribution in [1.29, 1.82) is 0 Å². The molecule has 0 aliphatic heterocycles. The topological polar surface area (TPSA) is 107 Å². The van der Waals surface area contributed by atoms with E-state index in [1.165, 1.54) is 41.2 Å². The maximum atomic E-state index is 12.1. The summed E-state index contributed by atoms with van der Waals surface area (Å²) in [7, 11) is 0. The summed E-state index contributed by atoms with van der Waals surface area (Å²) in [5.41, 5.74) is 0.0284. The molecular formula is C16H13N3O5. The van der Waals surface area contributed by atoms with Crippen molar-refractivity contribution in [2.75, 3.05) is 0 Å². The molecule has 3 rings (SSSR count). The zero-order valence-corrected chi connectivity index (χ0v) is 12.5. The molecule has 0 saturated carbocycles. The minimum Gasteiger partial charge on any atom is -0.467 e. The number of non-ortho nitro benzene ring substituents is 1. The first-order chi connectivity index (χ1) is 11.5. The Balaban J connectivity index is 1.85. The van der Waals surface area contributed by atoms with Crippen molar-refractivity contribution in [2.24, 2.45) is 0 Å². The number of nitrogens with one attached hydrogen (secondary N) is 1. The molecule has 24 heavy (non-hydrogen) atoms. The van der Waals surface area contributed by atoms with E-state index < -0.39 is 4.92 Å². The van der Waals surface area contributed by atoms with Crippen LogP contribution in [0, 0.1) is 10.1 Å². The molecule has 0 aliphatic carbocycles. The highest BCUT2D eigenvalue weighted by Gasteiger charge is 2.12. The maximum Gasteiger partial charge on any atom is 0.270 e. The van der Waals surface area contributed by atoms with Gasteiger partial charge in [-0.05, 0) is 24.3 Å². The van der Waals surface area contributed by atoms with Crippen molar-refractivity contribution in [2.45, 2.75) is 13.1 Å². The first kappa shape index (κ1) is 15.5. The lowest BCUT2D eigenvalue weighted by Gasteiger charge is -2.10. The lowest BCUT2D eigenvalue weighted by Crippen LogP contribution is -2.31. The van der Waals surface area contributed by atoms with E-state index in [4.69, 9.17) is 4.42 Å². The highest BCUT2D eigenvalue weighted by molar-refractivity contribution is 5.83. The first-order valence-electron chi connectivity index (χ1n) is 7.11. The van der Waals surface area contributed by atoms with E-state index in [0.29, 0.717) is 16.7 Å². The van der Waals surface area contributed by atoms with Crippen molar-refractivity contribution >= 4 is 22.5 Å². The fourth-order valence-corrected chi connectivity index (χ4v) is 2.37. The molecule has 1 amide bonds. The van der Waals surface area contributed by atoms with Crippen LogP contribution in [0.4, 0.5) is 5.69 Å². The SMILES string of the molecule is O=C(Cn1c(=O)ccc2cc([N+](=O)[O-])ccc21)NCc1ccco1. The average molecular weight is 327 g/mol. The average Bonchev–Trinajstić information content (AvgIpc) is 3.08. The number of nitrogens with zero attached hydrogens (tertiary/aromatic N) is 2. The predicted molar refractivity (Wildman–Crippen MR) is 85.4 cm³/mol.